The van der Waals surface area contributed by atoms with Crippen LogP contribution in [0.1, 0.15) is 32.8 Å². The number of carbonyl (C=O) groups is 2. The van der Waals surface area contributed by atoms with Crippen molar-refractivity contribution in [2.75, 3.05) is 18.4 Å². The summed E-state index contributed by atoms with van der Waals surface area (Å²) in [5.74, 6) is -0.470. The van der Waals surface area contributed by atoms with Crippen LogP contribution in [-0.4, -0.2) is 29.8 Å². The van der Waals surface area contributed by atoms with Crippen molar-refractivity contribution in [2.45, 2.75) is 33.4 Å². The van der Waals surface area contributed by atoms with Crippen molar-refractivity contribution in [1.82, 2.24) is 4.90 Å². The molecule has 0 bridgehead atoms. The first-order chi connectivity index (χ1) is 11.0. The number of hydrogen-bond donors (Lipinski definition) is 1. The lowest BCUT2D eigenvalue weighted by Gasteiger charge is -2.21. The average Bonchev–Trinajstić information content (AvgIpc) is 2.43. The van der Waals surface area contributed by atoms with E-state index < -0.39 is 22.7 Å². The van der Waals surface area contributed by atoms with Crippen molar-refractivity contribution in [3.63, 3.8) is 0 Å². The first-order valence-electron chi connectivity index (χ1n) is 7.42. The van der Waals surface area contributed by atoms with Gasteiger partial charge in [0.15, 0.2) is 0 Å². The van der Waals surface area contributed by atoms with Crippen molar-refractivity contribution in [1.29, 1.82) is 0 Å². The fraction of sp³-hybridized carbons (Fsp3) is 0.500. The maximum absolute atomic E-state index is 12.8. The standard InChI is InChI=1S/C16H20ClF3N2O2/c1-10(2)6-7-22(11(3)23)9-15(24)21-12-4-5-14(17)13(8-12)16(18,19)20/h4-5,8,10H,6-7,9H2,1-3H3,(H,21,24). The molecule has 0 unspecified atom stereocenters. The second-order valence-corrected chi connectivity index (χ2v) is 6.27. The van der Waals surface area contributed by atoms with Crippen molar-refractivity contribution < 1.29 is 22.8 Å². The molecule has 1 N–H and O–H groups in total. The average molecular weight is 365 g/mol. The van der Waals surface area contributed by atoms with E-state index in [2.05, 4.69) is 5.32 Å². The number of nitrogens with one attached hydrogen (secondary N) is 1. The lowest BCUT2D eigenvalue weighted by atomic mass is 10.1. The third-order valence-electron chi connectivity index (χ3n) is 3.31. The smallest absolute Gasteiger partial charge is 0.334 e. The molecule has 0 saturated heterocycles. The molecule has 1 rings (SSSR count). The van der Waals surface area contributed by atoms with E-state index in [1.54, 1.807) is 0 Å². The molecule has 0 radical (unpaired) electrons. The van der Waals surface area contributed by atoms with Crippen LogP contribution in [0.15, 0.2) is 18.2 Å². The van der Waals surface area contributed by atoms with Crippen molar-refractivity contribution in [2.24, 2.45) is 5.92 Å². The molecule has 4 nitrogen and oxygen atoms in total. The van der Waals surface area contributed by atoms with Gasteiger partial charge in [-0.2, -0.15) is 13.2 Å². The number of hydrogen-bond acceptors (Lipinski definition) is 2. The number of alkyl halides is 3. The van der Waals surface area contributed by atoms with Crippen molar-refractivity contribution in [3.05, 3.63) is 28.8 Å². The Labute approximate surface area is 144 Å². The summed E-state index contributed by atoms with van der Waals surface area (Å²) in [4.78, 5) is 24.9. The molecule has 2 amide bonds. The van der Waals surface area contributed by atoms with Crippen LogP contribution in [0, 0.1) is 5.92 Å². The van der Waals surface area contributed by atoms with E-state index in [9.17, 15) is 22.8 Å². The minimum atomic E-state index is -4.61. The first-order valence-corrected chi connectivity index (χ1v) is 7.80. The number of nitrogens with zero attached hydrogens (tertiary/aromatic N) is 1. The molecule has 0 aliphatic heterocycles. The Morgan fingerprint density at radius 2 is 1.92 bits per heavy atom. The van der Waals surface area contributed by atoms with E-state index in [1.165, 1.54) is 17.9 Å². The molecule has 0 saturated carbocycles. The maximum atomic E-state index is 12.8. The van der Waals surface area contributed by atoms with Gasteiger partial charge < -0.3 is 10.2 Å². The molecule has 134 valence electrons. The van der Waals surface area contributed by atoms with Crippen LogP contribution in [0.25, 0.3) is 0 Å². The van der Waals surface area contributed by atoms with Gasteiger partial charge in [0.25, 0.3) is 0 Å². The summed E-state index contributed by atoms with van der Waals surface area (Å²) in [7, 11) is 0. The zero-order chi connectivity index (χ0) is 18.5. The normalized spacial score (nSPS) is 11.5. The minimum Gasteiger partial charge on any atom is -0.334 e. The fourth-order valence-electron chi connectivity index (χ4n) is 1.96. The predicted molar refractivity (Wildman–Crippen MR) is 86.8 cm³/mol. The number of amides is 2. The van der Waals surface area contributed by atoms with E-state index in [0.29, 0.717) is 12.5 Å². The molecule has 0 fully saturated rings. The van der Waals surface area contributed by atoms with Gasteiger partial charge in [0, 0.05) is 19.2 Å². The lowest BCUT2D eigenvalue weighted by molar-refractivity contribution is -0.137. The summed E-state index contributed by atoms with van der Waals surface area (Å²) >= 11 is 5.53. The monoisotopic (exact) mass is 364 g/mol. The van der Waals surface area contributed by atoms with E-state index in [4.69, 9.17) is 11.6 Å². The number of rotatable bonds is 6. The summed E-state index contributed by atoms with van der Waals surface area (Å²) in [5, 5.41) is 1.92. The highest BCUT2D eigenvalue weighted by Gasteiger charge is 2.33. The minimum absolute atomic E-state index is 0.0240. The zero-order valence-corrected chi connectivity index (χ0v) is 14.5. The molecule has 24 heavy (non-hydrogen) atoms. The van der Waals surface area contributed by atoms with Gasteiger partial charge >= 0.3 is 6.18 Å². The van der Waals surface area contributed by atoms with Crippen LogP contribution in [0.2, 0.25) is 5.02 Å². The van der Waals surface area contributed by atoms with Crippen molar-refractivity contribution >= 4 is 29.1 Å². The second kappa shape index (κ2) is 8.37. The molecule has 0 heterocycles. The summed E-state index contributed by atoms with van der Waals surface area (Å²) in [6, 6.07) is 3.12. The van der Waals surface area contributed by atoms with E-state index in [0.717, 1.165) is 18.6 Å². The van der Waals surface area contributed by atoms with Crippen LogP contribution in [0.5, 0.6) is 0 Å². The molecule has 1 aromatic carbocycles. The highest BCUT2D eigenvalue weighted by Crippen LogP contribution is 2.36. The van der Waals surface area contributed by atoms with Gasteiger partial charge in [0.05, 0.1) is 17.1 Å². The Morgan fingerprint density at radius 3 is 2.42 bits per heavy atom. The molecule has 0 atom stereocenters. The second-order valence-electron chi connectivity index (χ2n) is 5.86. The fourth-order valence-corrected chi connectivity index (χ4v) is 2.18. The predicted octanol–water partition coefficient (Wildman–Crippen LogP) is 4.19. The van der Waals surface area contributed by atoms with E-state index in [-0.39, 0.29) is 18.1 Å². The third-order valence-corrected chi connectivity index (χ3v) is 3.64. The molecule has 8 heteroatoms. The van der Waals surface area contributed by atoms with Crippen LogP contribution >= 0.6 is 11.6 Å². The molecule has 0 aliphatic carbocycles. The Balaban J connectivity index is 2.78. The molecule has 0 aromatic heterocycles. The van der Waals surface area contributed by atoms with Gasteiger partial charge in [-0.1, -0.05) is 25.4 Å². The number of halogens is 4. The first kappa shape index (κ1) is 20.3. The van der Waals surface area contributed by atoms with Gasteiger partial charge in [0.1, 0.15) is 0 Å². The largest absolute Gasteiger partial charge is 0.417 e. The molecule has 1 aromatic rings. The molecular formula is C16H20ClF3N2O2. The van der Waals surface area contributed by atoms with Gasteiger partial charge in [-0.25, -0.2) is 0 Å². The van der Waals surface area contributed by atoms with Crippen LogP contribution in [0.3, 0.4) is 0 Å². The van der Waals surface area contributed by atoms with Gasteiger partial charge in [-0.15, -0.1) is 0 Å². The summed E-state index contributed by atoms with van der Waals surface area (Å²) in [6.45, 7) is 5.52. The van der Waals surface area contributed by atoms with Gasteiger partial charge in [-0.3, -0.25) is 9.59 Å². The number of anilines is 1. The molecule has 0 spiro atoms. The summed E-state index contributed by atoms with van der Waals surface area (Å²) in [6.07, 6.45) is -3.88. The lowest BCUT2D eigenvalue weighted by Crippen LogP contribution is -2.37. The number of carbonyl (C=O) groups excluding carboxylic acids is 2. The van der Waals surface area contributed by atoms with Crippen LogP contribution < -0.4 is 5.32 Å². The van der Waals surface area contributed by atoms with E-state index in [1.807, 2.05) is 13.8 Å². The SMILES string of the molecule is CC(=O)N(CCC(C)C)CC(=O)Nc1ccc(Cl)c(C(F)(F)F)c1. The molecular weight excluding hydrogens is 345 g/mol. The highest BCUT2D eigenvalue weighted by molar-refractivity contribution is 6.31. The third kappa shape index (κ3) is 6.39. The van der Waals surface area contributed by atoms with Gasteiger partial charge in [-0.05, 0) is 30.5 Å². The van der Waals surface area contributed by atoms with E-state index >= 15 is 0 Å². The summed E-state index contributed by atoms with van der Waals surface area (Å²) < 4.78 is 38.4. The zero-order valence-electron chi connectivity index (χ0n) is 13.7. The number of benzene rings is 1. The maximum Gasteiger partial charge on any atom is 0.417 e. The highest BCUT2D eigenvalue weighted by atomic mass is 35.5. The Hall–Kier alpha value is -1.76. The Kier molecular flexibility index (Phi) is 7.08. The van der Waals surface area contributed by atoms with Crippen LogP contribution in [-0.2, 0) is 15.8 Å². The Bertz CT molecular complexity index is 603. The van der Waals surface area contributed by atoms with Crippen LogP contribution in [0.4, 0.5) is 18.9 Å². The quantitative estimate of drug-likeness (QED) is 0.822. The van der Waals surface area contributed by atoms with Gasteiger partial charge in [0.2, 0.25) is 11.8 Å². The topological polar surface area (TPSA) is 49.4 Å². The molecule has 0 aliphatic rings. The summed E-state index contributed by atoms with van der Waals surface area (Å²) in [5.41, 5.74) is -1.05. The van der Waals surface area contributed by atoms with Crippen molar-refractivity contribution in [3.8, 4) is 0 Å². The Morgan fingerprint density at radius 1 is 1.29 bits per heavy atom.